The summed E-state index contributed by atoms with van der Waals surface area (Å²) in [6.07, 6.45) is 0.733. The van der Waals surface area contributed by atoms with Gasteiger partial charge in [0.2, 0.25) is 0 Å². The van der Waals surface area contributed by atoms with Crippen LogP contribution in [0.25, 0.3) is 10.9 Å². The largest absolute Gasteiger partial charge is 0.478 e. The van der Waals surface area contributed by atoms with Gasteiger partial charge in [0.1, 0.15) is 0 Å². The standard InChI is InChI=1S/C23H21N3O5/c1-26-10-9-19-17(12-26)21(16-7-2-3-8-18(16)25-19)23(30)31-13-20(27)24-15-6-4-5-14(11-15)22(28)29/h2-8,11H,9-10,12-13H2,1H3,(H,24,27)(H,28,29). The number of carbonyl (C=O) groups excluding carboxylic acids is 2. The number of hydrogen-bond acceptors (Lipinski definition) is 6. The third-order valence-electron chi connectivity index (χ3n) is 5.17. The lowest BCUT2D eigenvalue weighted by Gasteiger charge is -2.26. The van der Waals surface area contributed by atoms with Crippen molar-refractivity contribution in [2.45, 2.75) is 13.0 Å². The molecule has 0 fully saturated rings. The number of likely N-dealkylation sites (N-methyl/N-ethyl adjacent to an activating group) is 1. The van der Waals surface area contributed by atoms with Crippen LogP contribution in [0.3, 0.4) is 0 Å². The number of carboxylic acid groups (broad SMARTS) is 1. The molecule has 0 spiro atoms. The van der Waals surface area contributed by atoms with E-state index in [0.717, 1.165) is 24.2 Å². The Labute approximate surface area is 178 Å². The van der Waals surface area contributed by atoms with Crippen LogP contribution in [-0.2, 0) is 22.5 Å². The fourth-order valence-corrected chi connectivity index (χ4v) is 3.69. The normalized spacial score (nSPS) is 13.5. The molecule has 31 heavy (non-hydrogen) atoms. The monoisotopic (exact) mass is 419 g/mol. The van der Waals surface area contributed by atoms with Crippen LogP contribution in [0, 0.1) is 0 Å². The zero-order valence-corrected chi connectivity index (χ0v) is 16.9. The summed E-state index contributed by atoms with van der Waals surface area (Å²) in [5, 5.41) is 12.3. The average molecular weight is 419 g/mol. The molecule has 4 rings (SSSR count). The lowest BCUT2D eigenvalue weighted by atomic mass is 9.96. The van der Waals surface area contributed by atoms with Crippen LogP contribution in [0.15, 0.2) is 48.5 Å². The zero-order chi connectivity index (χ0) is 22.0. The molecular weight excluding hydrogens is 398 g/mol. The van der Waals surface area contributed by atoms with E-state index in [2.05, 4.69) is 10.2 Å². The van der Waals surface area contributed by atoms with Crippen molar-refractivity contribution in [3.8, 4) is 0 Å². The van der Waals surface area contributed by atoms with Crippen LogP contribution in [0.4, 0.5) is 5.69 Å². The van der Waals surface area contributed by atoms with E-state index in [1.807, 2.05) is 31.3 Å². The Morgan fingerprint density at radius 1 is 1.16 bits per heavy atom. The number of ether oxygens (including phenoxy) is 1. The highest BCUT2D eigenvalue weighted by atomic mass is 16.5. The maximum absolute atomic E-state index is 13.0. The van der Waals surface area contributed by atoms with Gasteiger partial charge in [-0.3, -0.25) is 9.78 Å². The van der Waals surface area contributed by atoms with Gasteiger partial charge < -0.3 is 20.1 Å². The summed E-state index contributed by atoms with van der Waals surface area (Å²) in [4.78, 5) is 43.2. The lowest BCUT2D eigenvalue weighted by Crippen LogP contribution is -2.30. The maximum atomic E-state index is 13.0. The Kier molecular flexibility index (Phi) is 5.64. The van der Waals surface area contributed by atoms with Gasteiger partial charge >= 0.3 is 11.9 Å². The Morgan fingerprint density at radius 2 is 1.97 bits per heavy atom. The van der Waals surface area contributed by atoms with E-state index in [9.17, 15) is 14.4 Å². The predicted octanol–water partition coefficient (Wildman–Crippen LogP) is 2.72. The van der Waals surface area contributed by atoms with Crippen LogP contribution in [0.2, 0.25) is 0 Å². The van der Waals surface area contributed by atoms with Crippen molar-refractivity contribution in [2.24, 2.45) is 0 Å². The smallest absolute Gasteiger partial charge is 0.339 e. The Hall–Kier alpha value is -3.78. The molecule has 0 unspecified atom stereocenters. The number of carboxylic acids is 1. The van der Waals surface area contributed by atoms with Crippen LogP contribution in [-0.4, -0.2) is 53.0 Å². The molecule has 1 aliphatic heterocycles. The second-order valence-corrected chi connectivity index (χ2v) is 7.43. The average Bonchev–Trinajstić information content (AvgIpc) is 2.76. The number of esters is 1. The molecule has 2 aromatic carbocycles. The van der Waals surface area contributed by atoms with Gasteiger partial charge in [-0.15, -0.1) is 0 Å². The Balaban J connectivity index is 1.54. The SMILES string of the molecule is CN1CCc2nc3ccccc3c(C(=O)OCC(=O)Nc3cccc(C(=O)O)c3)c2C1. The fourth-order valence-electron chi connectivity index (χ4n) is 3.69. The van der Waals surface area contributed by atoms with Crippen molar-refractivity contribution in [1.82, 2.24) is 9.88 Å². The van der Waals surface area contributed by atoms with Crippen molar-refractivity contribution in [3.63, 3.8) is 0 Å². The van der Waals surface area contributed by atoms with Crippen LogP contribution in [0.5, 0.6) is 0 Å². The number of fused-ring (bicyclic) bond motifs is 2. The van der Waals surface area contributed by atoms with Crippen LogP contribution in [0.1, 0.15) is 32.0 Å². The first-order valence-corrected chi connectivity index (χ1v) is 9.82. The number of anilines is 1. The quantitative estimate of drug-likeness (QED) is 0.612. The van der Waals surface area contributed by atoms with Crippen LogP contribution >= 0.6 is 0 Å². The molecule has 1 aliphatic rings. The third-order valence-corrected chi connectivity index (χ3v) is 5.17. The van der Waals surface area contributed by atoms with Crippen molar-refractivity contribution in [3.05, 3.63) is 70.9 Å². The molecule has 0 saturated carbocycles. The highest BCUT2D eigenvalue weighted by Gasteiger charge is 2.25. The van der Waals surface area contributed by atoms with Gasteiger partial charge in [-0.25, -0.2) is 9.59 Å². The number of amides is 1. The zero-order valence-electron chi connectivity index (χ0n) is 16.9. The lowest BCUT2D eigenvalue weighted by molar-refractivity contribution is -0.119. The molecule has 1 aromatic heterocycles. The van der Waals surface area contributed by atoms with E-state index in [1.54, 1.807) is 6.07 Å². The second-order valence-electron chi connectivity index (χ2n) is 7.43. The predicted molar refractivity (Wildman–Crippen MR) is 114 cm³/mol. The number of hydrogen-bond donors (Lipinski definition) is 2. The first-order valence-electron chi connectivity index (χ1n) is 9.82. The van der Waals surface area contributed by atoms with Gasteiger partial charge in [0.05, 0.1) is 16.6 Å². The van der Waals surface area contributed by atoms with E-state index in [0.29, 0.717) is 28.7 Å². The van der Waals surface area contributed by atoms with E-state index < -0.39 is 24.5 Å². The van der Waals surface area contributed by atoms with Gasteiger partial charge in [0, 0.05) is 41.8 Å². The molecule has 0 saturated heterocycles. The molecule has 1 amide bonds. The molecular formula is C23H21N3O5. The van der Waals surface area contributed by atoms with Crippen LogP contribution < -0.4 is 5.32 Å². The van der Waals surface area contributed by atoms with Crippen molar-refractivity contribution in [1.29, 1.82) is 0 Å². The van der Waals surface area contributed by atoms with E-state index in [4.69, 9.17) is 14.8 Å². The van der Waals surface area contributed by atoms with Crippen molar-refractivity contribution >= 4 is 34.4 Å². The molecule has 8 nitrogen and oxygen atoms in total. The van der Waals surface area contributed by atoms with Gasteiger partial charge in [-0.1, -0.05) is 24.3 Å². The Morgan fingerprint density at radius 3 is 2.77 bits per heavy atom. The molecule has 0 aliphatic carbocycles. The summed E-state index contributed by atoms with van der Waals surface area (Å²) < 4.78 is 5.34. The number of para-hydroxylation sites is 1. The van der Waals surface area contributed by atoms with E-state index in [1.165, 1.54) is 18.2 Å². The minimum atomic E-state index is -1.10. The van der Waals surface area contributed by atoms with E-state index >= 15 is 0 Å². The number of aromatic carboxylic acids is 1. The number of rotatable bonds is 5. The maximum Gasteiger partial charge on any atom is 0.339 e. The molecule has 2 heterocycles. The molecule has 0 radical (unpaired) electrons. The number of nitrogens with one attached hydrogen (secondary N) is 1. The second kappa shape index (κ2) is 8.53. The number of nitrogens with zero attached hydrogens (tertiary/aromatic N) is 2. The minimum absolute atomic E-state index is 0.0498. The van der Waals surface area contributed by atoms with Crippen molar-refractivity contribution in [2.75, 3.05) is 25.5 Å². The molecule has 0 bridgehead atoms. The van der Waals surface area contributed by atoms with Crippen molar-refractivity contribution < 1.29 is 24.2 Å². The molecule has 2 N–H and O–H groups in total. The highest BCUT2D eigenvalue weighted by molar-refractivity contribution is 6.06. The molecule has 0 atom stereocenters. The summed E-state index contributed by atoms with van der Waals surface area (Å²) in [6.45, 7) is 0.938. The number of carbonyl (C=O) groups is 3. The minimum Gasteiger partial charge on any atom is -0.478 e. The van der Waals surface area contributed by atoms with Gasteiger partial charge in [-0.05, 0) is 31.3 Å². The Bertz CT molecular complexity index is 1190. The fraction of sp³-hybridized carbons (Fsp3) is 0.217. The summed E-state index contributed by atoms with van der Waals surface area (Å²) in [7, 11) is 1.98. The first kappa shape index (κ1) is 20.5. The van der Waals surface area contributed by atoms with Gasteiger partial charge in [0.25, 0.3) is 5.91 Å². The number of aromatic nitrogens is 1. The summed E-state index contributed by atoms with van der Waals surface area (Å²) >= 11 is 0. The van der Waals surface area contributed by atoms with E-state index in [-0.39, 0.29) is 5.56 Å². The van der Waals surface area contributed by atoms with Gasteiger partial charge in [-0.2, -0.15) is 0 Å². The van der Waals surface area contributed by atoms with Gasteiger partial charge in [0.15, 0.2) is 6.61 Å². The first-order chi connectivity index (χ1) is 14.9. The number of benzene rings is 2. The third kappa shape index (κ3) is 4.39. The summed E-state index contributed by atoms with van der Waals surface area (Å²) in [6, 6.07) is 13.2. The summed E-state index contributed by atoms with van der Waals surface area (Å²) in [5.41, 5.74) is 3.22. The topological polar surface area (TPSA) is 109 Å². The molecule has 158 valence electrons. The molecule has 3 aromatic rings. The summed E-state index contributed by atoms with van der Waals surface area (Å²) in [5.74, 6) is -2.23. The molecule has 8 heteroatoms. The highest BCUT2D eigenvalue weighted by Crippen LogP contribution is 2.28. The number of pyridine rings is 1.